The molecule has 4 nitrogen and oxygen atoms in total. The molecule has 1 N–H and O–H groups in total. The second-order valence-corrected chi connectivity index (χ2v) is 6.18. The summed E-state index contributed by atoms with van der Waals surface area (Å²) in [7, 11) is 0. The molecule has 3 rings (SSSR count). The lowest BCUT2D eigenvalue weighted by Crippen LogP contribution is -2.04. The maximum absolute atomic E-state index is 12.8. The summed E-state index contributed by atoms with van der Waals surface area (Å²) in [6.45, 7) is 0. The Labute approximate surface area is 152 Å². The summed E-state index contributed by atoms with van der Waals surface area (Å²) in [5, 5.41) is 19.7. The van der Waals surface area contributed by atoms with E-state index in [1.54, 1.807) is 24.3 Å². The molecule has 2 aromatic rings. The van der Waals surface area contributed by atoms with Crippen LogP contribution in [0.2, 0.25) is 0 Å². The van der Waals surface area contributed by atoms with Crippen molar-refractivity contribution in [3.63, 3.8) is 0 Å². The molecule has 8 heteroatoms. The van der Waals surface area contributed by atoms with Gasteiger partial charge in [0, 0.05) is 16.5 Å². The summed E-state index contributed by atoms with van der Waals surface area (Å²) in [6, 6.07) is 7.03. The van der Waals surface area contributed by atoms with Gasteiger partial charge in [-0.1, -0.05) is 42.0 Å². The van der Waals surface area contributed by atoms with E-state index in [-0.39, 0.29) is 11.6 Å². The number of nitrogens with one attached hydrogen (secondary N) is 1. The lowest BCUT2D eigenvalue weighted by molar-refractivity contribution is -0.137. The molecule has 0 saturated heterocycles. The SMILES string of the molecule is N#Cc1n[nH]nc1C1=CC(/C=C/c2cccc(C(F)(F)F)c2)CC(Cl)=C1. The Morgan fingerprint density at radius 1 is 1.31 bits per heavy atom. The third kappa shape index (κ3) is 4.03. The molecule has 1 heterocycles. The maximum atomic E-state index is 12.8. The van der Waals surface area contributed by atoms with E-state index in [0.717, 1.165) is 12.1 Å². The third-order valence-electron chi connectivity index (χ3n) is 3.81. The Hall–Kier alpha value is -2.85. The van der Waals surface area contributed by atoms with Crippen molar-refractivity contribution in [1.29, 1.82) is 5.26 Å². The summed E-state index contributed by atoms with van der Waals surface area (Å²) >= 11 is 6.18. The quantitative estimate of drug-likeness (QED) is 0.825. The van der Waals surface area contributed by atoms with Gasteiger partial charge in [0.25, 0.3) is 0 Å². The van der Waals surface area contributed by atoms with Crippen molar-refractivity contribution >= 4 is 23.3 Å². The van der Waals surface area contributed by atoms with Crippen LogP contribution < -0.4 is 0 Å². The van der Waals surface area contributed by atoms with Crippen molar-refractivity contribution < 1.29 is 13.2 Å². The molecular formula is C18H12ClF3N4. The van der Waals surface area contributed by atoms with Crippen LogP contribution in [0.3, 0.4) is 0 Å². The van der Waals surface area contributed by atoms with Crippen molar-refractivity contribution in [2.24, 2.45) is 5.92 Å². The van der Waals surface area contributed by atoms with Crippen LogP contribution in [-0.2, 0) is 6.18 Å². The molecule has 0 bridgehead atoms. The number of H-pyrrole nitrogens is 1. The number of hydrogen-bond acceptors (Lipinski definition) is 3. The van der Waals surface area contributed by atoms with Crippen molar-refractivity contribution in [3.05, 3.63) is 70.0 Å². The lowest BCUT2D eigenvalue weighted by Gasteiger charge is -2.15. The van der Waals surface area contributed by atoms with Gasteiger partial charge in [0.05, 0.1) is 5.56 Å². The van der Waals surface area contributed by atoms with E-state index in [4.69, 9.17) is 16.9 Å². The molecule has 26 heavy (non-hydrogen) atoms. The predicted octanol–water partition coefficient (Wildman–Crippen LogP) is 4.93. The number of aromatic amines is 1. The normalized spacial score (nSPS) is 17.7. The number of nitrogens with zero attached hydrogens (tertiary/aromatic N) is 3. The van der Waals surface area contributed by atoms with E-state index in [1.807, 2.05) is 12.1 Å². The Kier molecular flexibility index (Phi) is 4.96. The van der Waals surface area contributed by atoms with Gasteiger partial charge < -0.3 is 0 Å². The molecule has 0 saturated carbocycles. The average molecular weight is 377 g/mol. The summed E-state index contributed by atoms with van der Waals surface area (Å²) < 4.78 is 38.4. The average Bonchev–Trinajstić information content (AvgIpc) is 3.08. The Morgan fingerprint density at radius 2 is 2.12 bits per heavy atom. The molecule has 0 spiro atoms. The minimum atomic E-state index is -4.38. The Bertz CT molecular complexity index is 948. The molecule has 0 aliphatic heterocycles. The van der Waals surface area contributed by atoms with Gasteiger partial charge in [0.2, 0.25) is 0 Å². The number of rotatable bonds is 3. The van der Waals surface area contributed by atoms with E-state index in [9.17, 15) is 13.2 Å². The fourth-order valence-corrected chi connectivity index (χ4v) is 2.92. The smallest absolute Gasteiger partial charge is 0.196 e. The van der Waals surface area contributed by atoms with Gasteiger partial charge in [-0.05, 0) is 30.2 Å². The van der Waals surface area contributed by atoms with Crippen LogP contribution in [0.1, 0.15) is 28.9 Å². The zero-order chi connectivity index (χ0) is 18.7. The van der Waals surface area contributed by atoms with Crippen LogP contribution in [0.5, 0.6) is 0 Å². The Morgan fingerprint density at radius 3 is 2.85 bits per heavy atom. The van der Waals surface area contributed by atoms with Crippen LogP contribution in [-0.4, -0.2) is 15.4 Å². The van der Waals surface area contributed by atoms with Crippen LogP contribution in [0.25, 0.3) is 11.6 Å². The molecule has 0 amide bonds. The highest BCUT2D eigenvalue weighted by Gasteiger charge is 2.30. The number of allylic oxidation sites excluding steroid dienone is 5. The molecule has 1 unspecified atom stereocenters. The van der Waals surface area contributed by atoms with Gasteiger partial charge in [-0.25, -0.2) is 0 Å². The molecule has 1 aliphatic carbocycles. The van der Waals surface area contributed by atoms with Gasteiger partial charge in [-0.2, -0.15) is 28.7 Å². The van der Waals surface area contributed by atoms with Crippen LogP contribution in [0, 0.1) is 17.2 Å². The van der Waals surface area contributed by atoms with Crippen molar-refractivity contribution in [2.75, 3.05) is 0 Å². The third-order valence-corrected chi connectivity index (χ3v) is 4.08. The van der Waals surface area contributed by atoms with Crippen LogP contribution >= 0.6 is 11.6 Å². The first-order chi connectivity index (χ1) is 12.4. The first kappa shape index (κ1) is 18.0. The first-order valence-corrected chi connectivity index (χ1v) is 7.99. The minimum Gasteiger partial charge on any atom is -0.196 e. The monoisotopic (exact) mass is 376 g/mol. The molecular weight excluding hydrogens is 365 g/mol. The number of halogens is 4. The standard InChI is InChI=1S/C18H12ClF3N4/c19-15-8-12(6-13(9-15)17-16(10-23)24-26-25-17)5-4-11-2-1-3-14(7-11)18(20,21)22/h1-7,9,12H,8H2,(H,24,25,26)/b5-4+. The first-order valence-electron chi connectivity index (χ1n) is 7.61. The molecule has 132 valence electrons. The molecule has 1 aromatic carbocycles. The highest BCUT2D eigenvalue weighted by atomic mass is 35.5. The van der Waals surface area contributed by atoms with Crippen LogP contribution in [0.15, 0.2) is 47.5 Å². The van der Waals surface area contributed by atoms with E-state index in [0.29, 0.717) is 28.3 Å². The van der Waals surface area contributed by atoms with Gasteiger partial charge in [0.1, 0.15) is 11.8 Å². The number of benzene rings is 1. The zero-order valence-corrected chi connectivity index (χ0v) is 14.0. The zero-order valence-electron chi connectivity index (χ0n) is 13.3. The van der Waals surface area contributed by atoms with Crippen molar-refractivity contribution in [2.45, 2.75) is 12.6 Å². The number of nitriles is 1. The summed E-state index contributed by atoms with van der Waals surface area (Å²) in [4.78, 5) is 0. The van der Waals surface area contributed by atoms with E-state index in [1.165, 1.54) is 6.07 Å². The molecule has 0 fully saturated rings. The van der Waals surface area contributed by atoms with E-state index >= 15 is 0 Å². The van der Waals surface area contributed by atoms with Gasteiger partial charge >= 0.3 is 6.18 Å². The largest absolute Gasteiger partial charge is 0.416 e. The maximum Gasteiger partial charge on any atom is 0.416 e. The summed E-state index contributed by atoms with van der Waals surface area (Å²) in [6.07, 6.45) is 3.09. The van der Waals surface area contributed by atoms with Gasteiger partial charge in [-0.15, -0.1) is 5.10 Å². The highest BCUT2D eigenvalue weighted by Crippen LogP contribution is 2.33. The second kappa shape index (κ2) is 7.18. The number of hydrogen-bond donors (Lipinski definition) is 1. The fourth-order valence-electron chi connectivity index (χ4n) is 2.62. The van der Waals surface area contributed by atoms with E-state index < -0.39 is 11.7 Å². The van der Waals surface area contributed by atoms with E-state index in [2.05, 4.69) is 15.4 Å². The molecule has 0 radical (unpaired) electrons. The number of alkyl halides is 3. The topological polar surface area (TPSA) is 65.4 Å². The minimum absolute atomic E-state index is 0.139. The van der Waals surface area contributed by atoms with Crippen LogP contribution in [0.4, 0.5) is 13.2 Å². The van der Waals surface area contributed by atoms with Gasteiger partial charge in [0.15, 0.2) is 5.69 Å². The van der Waals surface area contributed by atoms with Gasteiger partial charge in [-0.3, -0.25) is 0 Å². The van der Waals surface area contributed by atoms with Crippen molar-refractivity contribution in [1.82, 2.24) is 15.4 Å². The predicted molar refractivity (Wildman–Crippen MR) is 91.6 cm³/mol. The fraction of sp³-hybridized carbons (Fsp3) is 0.167. The number of aromatic nitrogens is 3. The Balaban J connectivity index is 1.85. The summed E-state index contributed by atoms with van der Waals surface area (Å²) in [5.41, 5.74) is 0.936. The molecule has 1 atom stereocenters. The summed E-state index contributed by atoms with van der Waals surface area (Å²) in [5.74, 6) is -0.139. The highest BCUT2D eigenvalue weighted by molar-refractivity contribution is 6.30. The second-order valence-electron chi connectivity index (χ2n) is 5.70. The molecule has 1 aromatic heterocycles. The lowest BCUT2D eigenvalue weighted by atomic mass is 9.93. The van der Waals surface area contributed by atoms with Crippen molar-refractivity contribution in [3.8, 4) is 6.07 Å². The molecule has 1 aliphatic rings.